The molecule has 0 aliphatic heterocycles. The molecule has 0 aliphatic carbocycles. The number of rotatable bonds is 3. The Labute approximate surface area is 107 Å². The second-order valence-corrected chi connectivity index (χ2v) is 4.44. The summed E-state index contributed by atoms with van der Waals surface area (Å²) in [5.74, 6) is 0.853. The van der Waals surface area contributed by atoms with E-state index in [-0.39, 0.29) is 0 Å². The van der Waals surface area contributed by atoms with Crippen LogP contribution in [0.4, 0.5) is 0 Å². The van der Waals surface area contributed by atoms with Gasteiger partial charge in [0.1, 0.15) is 5.75 Å². The number of nitrogens with two attached hydrogens (primary N) is 1. The number of hydrogen-bond acceptors (Lipinski definition) is 3. The molecular weight excluding hydrogens is 226 g/mol. The van der Waals surface area contributed by atoms with Crippen molar-refractivity contribution in [3.05, 3.63) is 35.2 Å². The highest BCUT2D eigenvalue weighted by Crippen LogP contribution is 2.35. The maximum atomic E-state index is 5.83. The minimum Gasteiger partial charge on any atom is -0.496 e. The molecule has 18 heavy (non-hydrogen) atoms. The maximum Gasteiger partial charge on any atom is 0.126 e. The van der Waals surface area contributed by atoms with Crippen molar-refractivity contribution in [2.75, 3.05) is 7.11 Å². The summed E-state index contributed by atoms with van der Waals surface area (Å²) in [4.78, 5) is 0. The van der Waals surface area contributed by atoms with Crippen LogP contribution in [0.25, 0.3) is 11.1 Å². The Morgan fingerprint density at radius 1 is 1.33 bits per heavy atom. The van der Waals surface area contributed by atoms with E-state index < -0.39 is 0 Å². The normalized spacial score (nSPS) is 10.7. The van der Waals surface area contributed by atoms with Crippen molar-refractivity contribution in [2.24, 2.45) is 12.8 Å². The lowest BCUT2D eigenvalue weighted by molar-refractivity contribution is 0.416. The summed E-state index contributed by atoms with van der Waals surface area (Å²) in [6.45, 7) is 4.52. The van der Waals surface area contributed by atoms with Crippen molar-refractivity contribution in [2.45, 2.75) is 20.4 Å². The number of benzene rings is 1. The fraction of sp³-hybridized carbons (Fsp3) is 0.357. The van der Waals surface area contributed by atoms with Crippen LogP contribution in [-0.2, 0) is 13.6 Å². The molecule has 0 saturated heterocycles. The molecule has 4 heteroatoms. The zero-order valence-electron chi connectivity index (χ0n) is 11.3. The zero-order valence-corrected chi connectivity index (χ0v) is 11.3. The van der Waals surface area contributed by atoms with Crippen LogP contribution in [0.15, 0.2) is 18.2 Å². The lowest BCUT2D eigenvalue weighted by Gasteiger charge is -2.11. The molecule has 0 saturated carbocycles. The molecular formula is C14H19N3O. The Kier molecular flexibility index (Phi) is 3.39. The van der Waals surface area contributed by atoms with E-state index in [1.54, 1.807) is 7.11 Å². The van der Waals surface area contributed by atoms with Crippen LogP contribution in [0.3, 0.4) is 0 Å². The van der Waals surface area contributed by atoms with Gasteiger partial charge in [-0.1, -0.05) is 11.6 Å². The van der Waals surface area contributed by atoms with Crippen molar-refractivity contribution in [1.82, 2.24) is 9.78 Å². The van der Waals surface area contributed by atoms with Gasteiger partial charge in [-0.25, -0.2) is 0 Å². The first-order valence-electron chi connectivity index (χ1n) is 5.96. The van der Waals surface area contributed by atoms with Gasteiger partial charge in [0.05, 0.1) is 18.5 Å². The molecule has 0 amide bonds. The molecule has 0 fully saturated rings. The third-order valence-corrected chi connectivity index (χ3v) is 3.16. The van der Waals surface area contributed by atoms with Gasteiger partial charge < -0.3 is 10.5 Å². The largest absolute Gasteiger partial charge is 0.496 e. The van der Waals surface area contributed by atoms with E-state index in [2.05, 4.69) is 18.1 Å². The molecule has 0 atom stereocenters. The maximum absolute atomic E-state index is 5.83. The molecule has 1 heterocycles. The van der Waals surface area contributed by atoms with Crippen LogP contribution in [0, 0.1) is 13.8 Å². The van der Waals surface area contributed by atoms with E-state index in [9.17, 15) is 0 Å². The van der Waals surface area contributed by atoms with E-state index in [0.717, 1.165) is 28.3 Å². The van der Waals surface area contributed by atoms with Gasteiger partial charge in [0.25, 0.3) is 0 Å². The van der Waals surface area contributed by atoms with E-state index in [1.165, 1.54) is 5.56 Å². The fourth-order valence-electron chi connectivity index (χ4n) is 2.31. The molecule has 2 N–H and O–H groups in total. The predicted octanol–water partition coefficient (Wildman–Crippen LogP) is 2.17. The van der Waals surface area contributed by atoms with Crippen molar-refractivity contribution >= 4 is 0 Å². The highest BCUT2D eigenvalue weighted by molar-refractivity contribution is 5.75. The summed E-state index contributed by atoms with van der Waals surface area (Å²) in [7, 11) is 3.60. The van der Waals surface area contributed by atoms with Gasteiger partial charge >= 0.3 is 0 Å². The van der Waals surface area contributed by atoms with Gasteiger partial charge in [-0.15, -0.1) is 0 Å². The molecule has 0 aliphatic rings. The number of methoxy groups -OCH3 is 1. The highest BCUT2D eigenvalue weighted by atomic mass is 16.5. The molecule has 2 aromatic rings. The Balaban J connectivity index is 2.71. The molecule has 0 bridgehead atoms. The molecule has 0 spiro atoms. The Morgan fingerprint density at radius 3 is 2.67 bits per heavy atom. The molecule has 2 rings (SSSR count). The first kappa shape index (κ1) is 12.6. The minimum atomic E-state index is 0.462. The number of nitrogens with zero attached hydrogens (tertiary/aromatic N) is 2. The topological polar surface area (TPSA) is 53.1 Å². The fourth-order valence-corrected chi connectivity index (χ4v) is 2.31. The third-order valence-electron chi connectivity index (χ3n) is 3.16. The summed E-state index contributed by atoms with van der Waals surface area (Å²) < 4.78 is 7.28. The molecule has 1 aromatic heterocycles. The summed E-state index contributed by atoms with van der Waals surface area (Å²) >= 11 is 0. The van der Waals surface area contributed by atoms with Gasteiger partial charge in [0.15, 0.2) is 0 Å². The summed E-state index contributed by atoms with van der Waals surface area (Å²) in [5, 5.41) is 4.44. The molecule has 0 unspecified atom stereocenters. The molecule has 1 aromatic carbocycles. The van der Waals surface area contributed by atoms with Gasteiger partial charge in [-0.2, -0.15) is 5.10 Å². The molecule has 96 valence electrons. The number of ether oxygens (including phenoxy) is 1. The zero-order chi connectivity index (χ0) is 13.3. The van der Waals surface area contributed by atoms with E-state index in [4.69, 9.17) is 10.5 Å². The number of hydrogen-bond donors (Lipinski definition) is 1. The second kappa shape index (κ2) is 4.82. The Hall–Kier alpha value is -1.81. The van der Waals surface area contributed by atoms with Crippen molar-refractivity contribution in [1.29, 1.82) is 0 Å². The van der Waals surface area contributed by atoms with E-state index in [1.807, 2.05) is 30.8 Å². The van der Waals surface area contributed by atoms with Crippen LogP contribution < -0.4 is 10.5 Å². The quantitative estimate of drug-likeness (QED) is 0.901. The van der Waals surface area contributed by atoms with E-state index >= 15 is 0 Å². The van der Waals surface area contributed by atoms with Crippen LogP contribution in [0.5, 0.6) is 5.75 Å². The van der Waals surface area contributed by atoms with Crippen molar-refractivity contribution < 1.29 is 4.74 Å². The first-order valence-corrected chi connectivity index (χ1v) is 5.96. The van der Waals surface area contributed by atoms with Crippen LogP contribution in [0.1, 0.15) is 17.0 Å². The monoisotopic (exact) mass is 245 g/mol. The lowest BCUT2D eigenvalue weighted by atomic mass is 10.00. The Bertz CT molecular complexity index is 573. The highest BCUT2D eigenvalue weighted by Gasteiger charge is 2.17. The minimum absolute atomic E-state index is 0.462. The lowest BCUT2D eigenvalue weighted by Crippen LogP contribution is -2.05. The third kappa shape index (κ3) is 1.99. The standard InChI is InChI=1S/C14H19N3O/c1-9-5-6-13(18-4)11(7-9)14-10(2)16-17(3)12(14)8-15/h5-7H,8,15H2,1-4H3. The SMILES string of the molecule is COc1ccc(C)cc1-c1c(C)nn(C)c1CN. The van der Waals surface area contributed by atoms with E-state index in [0.29, 0.717) is 6.54 Å². The summed E-state index contributed by atoms with van der Waals surface area (Å²) in [6.07, 6.45) is 0. The predicted molar refractivity (Wildman–Crippen MR) is 72.6 cm³/mol. The van der Waals surface area contributed by atoms with Gasteiger partial charge in [-0.3, -0.25) is 4.68 Å². The van der Waals surface area contributed by atoms with Gasteiger partial charge in [-0.05, 0) is 26.0 Å². The number of aromatic nitrogens is 2. The number of aryl methyl sites for hydroxylation is 3. The first-order chi connectivity index (χ1) is 8.58. The summed E-state index contributed by atoms with van der Waals surface area (Å²) in [5.41, 5.74) is 11.2. The van der Waals surface area contributed by atoms with Crippen LogP contribution in [0.2, 0.25) is 0 Å². The molecule has 4 nitrogen and oxygen atoms in total. The van der Waals surface area contributed by atoms with Gasteiger partial charge in [0, 0.05) is 24.7 Å². The Morgan fingerprint density at radius 2 is 2.06 bits per heavy atom. The van der Waals surface area contributed by atoms with Crippen LogP contribution >= 0.6 is 0 Å². The van der Waals surface area contributed by atoms with Crippen LogP contribution in [-0.4, -0.2) is 16.9 Å². The smallest absolute Gasteiger partial charge is 0.126 e. The molecule has 0 radical (unpaired) electrons. The second-order valence-electron chi connectivity index (χ2n) is 4.44. The van der Waals surface area contributed by atoms with Crippen molar-refractivity contribution in [3.8, 4) is 16.9 Å². The average molecular weight is 245 g/mol. The average Bonchev–Trinajstić information content (AvgIpc) is 2.63. The summed E-state index contributed by atoms with van der Waals surface area (Å²) in [6, 6.07) is 6.13. The van der Waals surface area contributed by atoms with Gasteiger partial charge in [0.2, 0.25) is 0 Å². The van der Waals surface area contributed by atoms with Crippen molar-refractivity contribution in [3.63, 3.8) is 0 Å².